The normalized spacial score (nSPS) is 10.8. The van der Waals surface area contributed by atoms with E-state index in [1.807, 2.05) is 0 Å². The van der Waals surface area contributed by atoms with Crippen LogP contribution < -0.4 is 10.9 Å². The van der Waals surface area contributed by atoms with Crippen LogP contribution in [0.25, 0.3) is 10.9 Å². The van der Waals surface area contributed by atoms with E-state index < -0.39 is 0 Å². The molecule has 9 heteroatoms. The van der Waals surface area contributed by atoms with Gasteiger partial charge in [-0.25, -0.2) is 0 Å². The molecule has 0 atom stereocenters. The van der Waals surface area contributed by atoms with Crippen LogP contribution in [0.2, 0.25) is 0 Å². The molecule has 0 aliphatic heterocycles. The standard InChI is InChI=1S/C17H17N5O3S/c1-3-8-22-16(24)12-5-4-11(9-13(12)20-17(22)26)15(23)18-7-6-14-19-10(2)21-25-14/h3-5,9H,1,6-8H2,2H3,(H,18,23)(H,20,26). The number of aromatic nitrogens is 4. The number of H-pyrrole nitrogens is 1. The van der Waals surface area contributed by atoms with E-state index in [1.165, 1.54) is 4.57 Å². The molecular weight excluding hydrogens is 354 g/mol. The number of allylic oxidation sites excluding steroid dienone is 1. The number of aryl methyl sites for hydroxylation is 1. The molecule has 3 aromatic rings. The predicted molar refractivity (Wildman–Crippen MR) is 98.7 cm³/mol. The summed E-state index contributed by atoms with van der Waals surface area (Å²) in [6, 6.07) is 4.82. The summed E-state index contributed by atoms with van der Waals surface area (Å²) < 4.78 is 6.69. The van der Waals surface area contributed by atoms with E-state index in [9.17, 15) is 9.59 Å². The highest BCUT2D eigenvalue weighted by Gasteiger charge is 2.10. The van der Waals surface area contributed by atoms with E-state index in [4.69, 9.17) is 16.7 Å². The molecule has 3 rings (SSSR count). The summed E-state index contributed by atoms with van der Waals surface area (Å²) in [5.41, 5.74) is 0.716. The summed E-state index contributed by atoms with van der Waals surface area (Å²) in [4.78, 5) is 31.8. The zero-order chi connectivity index (χ0) is 18.7. The number of hydrogen-bond acceptors (Lipinski definition) is 6. The Morgan fingerprint density at radius 1 is 1.50 bits per heavy atom. The van der Waals surface area contributed by atoms with Crippen LogP contribution in [0.15, 0.2) is 40.2 Å². The smallest absolute Gasteiger partial charge is 0.262 e. The van der Waals surface area contributed by atoms with Crippen molar-refractivity contribution in [3.63, 3.8) is 0 Å². The minimum Gasteiger partial charge on any atom is -0.352 e. The SMILES string of the molecule is C=CCn1c(=S)[nH]c2cc(C(=O)NCCc3nc(C)no3)ccc2c1=O. The van der Waals surface area contributed by atoms with Gasteiger partial charge in [-0.3, -0.25) is 14.2 Å². The first-order chi connectivity index (χ1) is 12.5. The number of fused-ring (bicyclic) bond motifs is 1. The van der Waals surface area contributed by atoms with Crippen molar-refractivity contribution in [1.29, 1.82) is 0 Å². The number of benzene rings is 1. The van der Waals surface area contributed by atoms with Gasteiger partial charge in [0.2, 0.25) is 5.89 Å². The lowest BCUT2D eigenvalue weighted by Gasteiger charge is -2.08. The van der Waals surface area contributed by atoms with E-state index in [1.54, 1.807) is 31.2 Å². The Morgan fingerprint density at radius 2 is 2.31 bits per heavy atom. The van der Waals surface area contributed by atoms with E-state index in [2.05, 4.69) is 27.0 Å². The van der Waals surface area contributed by atoms with Crippen LogP contribution in [0.5, 0.6) is 0 Å². The number of nitrogens with one attached hydrogen (secondary N) is 2. The third-order valence-electron chi connectivity index (χ3n) is 3.75. The van der Waals surface area contributed by atoms with Gasteiger partial charge in [-0.05, 0) is 37.3 Å². The van der Waals surface area contributed by atoms with Gasteiger partial charge in [0.15, 0.2) is 10.6 Å². The van der Waals surface area contributed by atoms with Crippen molar-refractivity contribution in [2.75, 3.05) is 6.54 Å². The molecule has 0 spiro atoms. The van der Waals surface area contributed by atoms with Crippen molar-refractivity contribution in [1.82, 2.24) is 25.0 Å². The molecule has 2 N–H and O–H groups in total. The highest BCUT2D eigenvalue weighted by Crippen LogP contribution is 2.11. The molecule has 1 amide bonds. The number of rotatable bonds is 6. The van der Waals surface area contributed by atoms with Crippen molar-refractivity contribution >= 4 is 29.0 Å². The molecule has 134 valence electrons. The molecule has 26 heavy (non-hydrogen) atoms. The molecule has 8 nitrogen and oxygen atoms in total. The minimum atomic E-state index is -0.266. The number of aromatic amines is 1. The maximum Gasteiger partial charge on any atom is 0.262 e. The summed E-state index contributed by atoms with van der Waals surface area (Å²) in [6.45, 7) is 6.03. The Balaban J connectivity index is 1.78. The van der Waals surface area contributed by atoms with Crippen molar-refractivity contribution in [2.45, 2.75) is 19.9 Å². The second-order valence-corrected chi connectivity index (χ2v) is 6.02. The van der Waals surface area contributed by atoms with Gasteiger partial charge in [-0.1, -0.05) is 11.2 Å². The molecule has 0 bridgehead atoms. The van der Waals surface area contributed by atoms with Gasteiger partial charge >= 0.3 is 0 Å². The summed E-state index contributed by atoms with van der Waals surface area (Å²) in [5.74, 6) is 0.754. The lowest BCUT2D eigenvalue weighted by molar-refractivity contribution is 0.0953. The maximum absolute atomic E-state index is 12.5. The van der Waals surface area contributed by atoms with Gasteiger partial charge in [0.25, 0.3) is 11.5 Å². The molecule has 0 aliphatic rings. The summed E-state index contributed by atoms with van der Waals surface area (Å²) in [5, 5.41) is 6.93. The van der Waals surface area contributed by atoms with Gasteiger partial charge in [-0.2, -0.15) is 4.98 Å². The summed E-state index contributed by atoms with van der Waals surface area (Å²) in [7, 11) is 0. The first-order valence-electron chi connectivity index (χ1n) is 7.94. The van der Waals surface area contributed by atoms with Gasteiger partial charge in [-0.15, -0.1) is 6.58 Å². The Morgan fingerprint density at radius 3 is 3.00 bits per heavy atom. The molecule has 0 aliphatic carbocycles. The molecule has 2 aromatic heterocycles. The fraction of sp³-hybridized carbons (Fsp3) is 0.235. The topological polar surface area (TPSA) is 106 Å². The zero-order valence-electron chi connectivity index (χ0n) is 14.1. The fourth-order valence-corrected chi connectivity index (χ4v) is 2.78. The van der Waals surface area contributed by atoms with Crippen molar-refractivity contribution in [3.8, 4) is 0 Å². The largest absolute Gasteiger partial charge is 0.352 e. The highest BCUT2D eigenvalue weighted by atomic mass is 32.1. The molecule has 1 aromatic carbocycles. The molecule has 2 heterocycles. The van der Waals surface area contributed by atoms with E-state index in [0.29, 0.717) is 47.7 Å². The minimum absolute atomic E-state index is 0.220. The van der Waals surface area contributed by atoms with E-state index >= 15 is 0 Å². The molecule has 0 saturated heterocycles. The summed E-state index contributed by atoms with van der Waals surface area (Å²) in [6.07, 6.45) is 2.04. The first-order valence-corrected chi connectivity index (χ1v) is 8.35. The maximum atomic E-state index is 12.5. The van der Waals surface area contributed by atoms with Gasteiger partial charge in [0.1, 0.15) is 0 Å². The van der Waals surface area contributed by atoms with Gasteiger partial charge in [0.05, 0.1) is 10.9 Å². The third-order valence-corrected chi connectivity index (χ3v) is 4.07. The molecule has 0 unspecified atom stereocenters. The average molecular weight is 371 g/mol. The van der Waals surface area contributed by atoms with Crippen LogP contribution in [0.1, 0.15) is 22.1 Å². The van der Waals surface area contributed by atoms with Crippen LogP contribution in [0, 0.1) is 11.7 Å². The van der Waals surface area contributed by atoms with Gasteiger partial charge < -0.3 is 14.8 Å². The van der Waals surface area contributed by atoms with Crippen LogP contribution in [-0.4, -0.2) is 32.1 Å². The molecular formula is C17H17N5O3S. The fourth-order valence-electron chi connectivity index (χ4n) is 2.52. The molecule has 0 saturated carbocycles. The molecule has 0 radical (unpaired) electrons. The third kappa shape index (κ3) is 3.62. The Hall–Kier alpha value is -3.07. The van der Waals surface area contributed by atoms with Crippen molar-refractivity contribution in [2.24, 2.45) is 0 Å². The lowest BCUT2D eigenvalue weighted by atomic mass is 10.1. The number of carbonyl (C=O) groups is 1. The van der Waals surface area contributed by atoms with Crippen molar-refractivity contribution in [3.05, 3.63) is 63.3 Å². The average Bonchev–Trinajstić information content (AvgIpc) is 3.03. The van der Waals surface area contributed by atoms with Crippen LogP contribution in [-0.2, 0) is 13.0 Å². The lowest BCUT2D eigenvalue weighted by Crippen LogP contribution is -2.26. The van der Waals surface area contributed by atoms with E-state index in [0.717, 1.165) is 0 Å². The van der Waals surface area contributed by atoms with Crippen LogP contribution in [0.3, 0.4) is 0 Å². The quantitative estimate of drug-likeness (QED) is 0.506. The highest BCUT2D eigenvalue weighted by molar-refractivity contribution is 7.71. The number of amides is 1. The van der Waals surface area contributed by atoms with Crippen LogP contribution >= 0.6 is 12.2 Å². The van der Waals surface area contributed by atoms with E-state index in [-0.39, 0.29) is 16.2 Å². The zero-order valence-corrected chi connectivity index (χ0v) is 14.9. The Labute approximate surface area is 153 Å². The monoisotopic (exact) mass is 371 g/mol. The second-order valence-electron chi connectivity index (χ2n) is 5.64. The summed E-state index contributed by atoms with van der Waals surface area (Å²) >= 11 is 5.20. The Kier molecular flexibility index (Phi) is 5.08. The number of nitrogens with zero attached hydrogens (tertiary/aromatic N) is 3. The number of hydrogen-bond donors (Lipinski definition) is 2. The van der Waals surface area contributed by atoms with Crippen molar-refractivity contribution < 1.29 is 9.32 Å². The first kappa shape index (κ1) is 17.7. The van der Waals surface area contributed by atoms with Gasteiger partial charge in [0, 0.05) is 25.1 Å². The Bertz CT molecular complexity index is 1100. The predicted octanol–water partition coefficient (Wildman–Crippen LogP) is 1.91. The number of carbonyl (C=O) groups excluding carboxylic acids is 1. The molecule has 0 fully saturated rings. The second kappa shape index (κ2) is 7.44. The van der Waals surface area contributed by atoms with Crippen LogP contribution in [0.4, 0.5) is 0 Å².